The Balaban J connectivity index is 5.69. The summed E-state index contributed by atoms with van der Waals surface area (Å²) in [5.74, 6) is -2.35. The molecule has 0 saturated carbocycles. The molecule has 10 nitrogen and oxygen atoms in total. The highest BCUT2D eigenvalue weighted by atomic mass is 28.4. The maximum Gasteiger partial charge on any atom is 0.458 e. The van der Waals surface area contributed by atoms with Gasteiger partial charge in [-0.05, 0) is 41.5 Å². The fourth-order valence-electron chi connectivity index (χ4n) is 2.12. The maximum atomic E-state index is 12.7. The van der Waals surface area contributed by atoms with Crippen LogP contribution in [0.3, 0.4) is 0 Å². The van der Waals surface area contributed by atoms with Crippen molar-refractivity contribution in [3.8, 4) is 0 Å². The third-order valence-corrected chi connectivity index (χ3v) is 4.45. The van der Waals surface area contributed by atoms with Crippen molar-refractivity contribution in [3.05, 3.63) is 23.4 Å². The molecule has 0 aromatic carbocycles. The molecule has 0 aromatic heterocycles. The summed E-state index contributed by atoms with van der Waals surface area (Å²) < 4.78 is 43.1. The second-order valence-corrected chi connectivity index (χ2v) is 9.22. The van der Waals surface area contributed by atoms with Crippen molar-refractivity contribution in [1.29, 1.82) is 0 Å². The van der Waals surface area contributed by atoms with Crippen molar-refractivity contribution >= 4 is 20.5 Å². The van der Waals surface area contributed by atoms with Crippen LogP contribution in [0.5, 0.6) is 0 Å². The maximum absolute atomic E-state index is 12.7. The van der Waals surface area contributed by atoms with Gasteiger partial charge in [-0.1, -0.05) is 0 Å². The summed E-state index contributed by atoms with van der Waals surface area (Å²) in [5, 5.41) is 0. The fraction of sp³-hybridized carbons (Fsp3) is 0.700. The molecule has 0 fully saturated rings. The molecule has 0 rings (SSSR count). The van der Waals surface area contributed by atoms with Crippen LogP contribution in [0.25, 0.3) is 0 Å². The van der Waals surface area contributed by atoms with Crippen LogP contribution in [0.15, 0.2) is 23.4 Å². The third kappa shape index (κ3) is 10.3. The number of ether oxygens (including phenoxy) is 6. The van der Waals surface area contributed by atoms with E-state index in [2.05, 4.69) is 0 Å². The number of carbonyl (C=O) groups excluding carboxylic acids is 2. The highest BCUT2D eigenvalue weighted by Gasteiger charge is 2.39. The van der Waals surface area contributed by atoms with Gasteiger partial charge in [0.05, 0.1) is 39.6 Å². The lowest BCUT2D eigenvalue weighted by atomic mass is 10.5. The van der Waals surface area contributed by atoms with Gasteiger partial charge in [0.1, 0.15) is 0 Å². The average Bonchev–Trinajstić information content (AvgIpc) is 2.69. The Morgan fingerprint density at radius 3 is 1.00 bits per heavy atom. The molecule has 0 unspecified atom stereocenters. The molecule has 0 radical (unpaired) electrons. The van der Waals surface area contributed by atoms with E-state index < -0.39 is 20.5 Å². The van der Waals surface area contributed by atoms with E-state index in [1.54, 1.807) is 41.5 Å². The minimum Gasteiger partial charge on any atom is -0.482 e. The Hall–Kier alpha value is -2.56. The molecule has 11 heteroatoms. The molecule has 0 aliphatic rings. The largest absolute Gasteiger partial charge is 0.482 e. The van der Waals surface area contributed by atoms with Crippen LogP contribution in [0, 0.1) is 0 Å². The summed E-state index contributed by atoms with van der Waals surface area (Å²) in [5.41, 5.74) is 0. The molecule has 0 aliphatic heterocycles. The Morgan fingerprint density at radius 2 is 0.774 bits per heavy atom. The van der Waals surface area contributed by atoms with Crippen LogP contribution in [0.4, 0.5) is 0 Å². The van der Waals surface area contributed by atoms with Crippen molar-refractivity contribution in [2.24, 2.45) is 0 Å². The smallest absolute Gasteiger partial charge is 0.458 e. The lowest BCUT2D eigenvalue weighted by Gasteiger charge is -2.24. The second-order valence-electron chi connectivity index (χ2n) is 6.01. The van der Waals surface area contributed by atoms with Gasteiger partial charge in [-0.2, -0.15) is 0 Å². The second kappa shape index (κ2) is 15.3. The van der Waals surface area contributed by atoms with E-state index in [1.807, 2.05) is 0 Å². The minimum atomic E-state index is -3.35. The Morgan fingerprint density at radius 1 is 0.516 bits per heavy atom. The van der Waals surface area contributed by atoms with Gasteiger partial charge in [-0.3, -0.25) is 0 Å². The van der Waals surface area contributed by atoms with Crippen molar-refractivity contribution in [1.82, 2.24) is 0 Å². The minimum absolute atomic E-state index is 0.0853. The summed E-state index contributed by atoms with van der Waals surface area (Å²) >= 11 is 0. The molecule has 0 atom stereocenters. The van der Waals surface area contributed by atoms with E-state index >= 15 is 0 Å². The predicted molar refractivity (Wildman–Crippen MR) is 113 cm³/mol. The first-order chi connectivity index (χ1) is 14.7. The molecule has 31 heavy (non-hydrogen) atoms. The first-order valence-corrected chi connectivity index (χ1v) is 13.2. The van der Waals surface area contributed by atoms with E-state index in [-0.39, 0.29) is 63.1 Å². The molecule has 0 heterocycles. The van der Waals surface area contributed by atoms with Crippen LogP contribution < -0.4 is 0 Å². The van der Waals surface area contributed by atoms with Gasteiger partial charge in [-0.25, -0.2) is 9.59 Å². The summed E-state index contributed by atoms with van der Waals surface area (Å²) in [6.45, 7) is 14.8. The first kappa shape index (κ1) is 28.4. The van der Waals surface area contributed by atoms with Gasteiger partial charge in [-0.15, -0.1) is 0 Å². The molecular weight excluding hydrogens is 428 g/mol. The molecule has 0 amide bonds. The Bertz CT molecular complexity index is 559. The SMILES string of the molecule is CCOC(OCC)=C(OCC)C(=O)O[Si](C)(C)OC(=O)C(OCC)=C(OCC)OCC. The molecule has 0 aliphatic carbocycles. The summed E-state index contributed by atoms with van der Waals surface area (Å²) in [7, 11) is -3.35. The van der Waals surface area contributed by atoms with Gasteiger partial charge in [0, 0.05) is 13.1 Å². The van der Waals surface area contributed by atoms with Crippen molar-refractivity contribution in [2.75, 3.05) is 39.6 Å². The van der Waals surface area contributed by atoms with E-state index in [0.717, 1.165) is 0 Å². The quantitative estimate of drug-likeness (QED) is 0.192. The number of hydrogen-bond acceptors (Lipinski definition) is 10. The van der Waals surface area contributed by atoms with E-state index in [4.69, 9.17) is 37.3 Å². The first-order valence-electron chi connectivity index (χ1n) is 10.4. The standard InChI is InChI=1S/C20H36O10Si/c1-9-23-15(19(25-11-3)26-12-4)17(21)29-31(7,8)30-18(22)16(24-10-2)20(27-13-5)28-14-6/h9-14H2,1-8H3. The molecule has 0 saturated heterocycles. The molecule has 0 N–H and O–H groups in total. The Kier molecular flexibility index (Phi) is 14.0. The van der Waals surface area contributed by atoms with Gasteiger partial charge < -0.3 is 37.3 Å². The molecule has 180 valence electrons. The molecule has 0 spiro atoms. The van der Waals surface area contributed by atoms with Gasteiger partial charge in [0.25, 0.3) is 11.5 Å². The zero-order valence-electron chi connectivity index (χ0n) is 19.8. The van der Waals surface area contributed by atoms with Gasteiger partial charge >= 0.3 is 32.4 Å². The van der Waals surface area contributed by atoms with Crippen LogP contribution in [-0.4, -0.2) is 60.1 Å². The fourth-order valence-corrected chi connectivity index (χ4v) is 3.24. The lowest BCUT2D eigenvalue weighted by molar-refractivity contribution is -0.142. The number of rotatable bonds is 16. The lowest BCUT2D eigenvalue weighted by Crippen LogP contribution is -2.41. The summed E-state index contributed by atoms with van der Waals surface area (Å²) in [6, 6.07) is 0. The van der Waals surface area contributed by atoms with Crippen molar-refractivity contribution in [2.45, 2.75) is 54.6 Å². The summed E-state index contributed by atoms with van der Waals surface area (Å²) in [6.07, 6.45) is 0. The van der Waals surface area contributed by atoms with Crippen LogP contribution in [0.1, 0.15) is 41.5 Å². The van der Waals surface area contributed by atoms with Crippen molar-refractivity contribution in [3.63, 3.8) is 0 Å². The normalized spacial score (nSPS) is 10.3. The van der Waals surface area contributed by atoms with Crippen LogP contribution >= 0.6 is 0 Å². The highest BCUT2D eigenvalue weighted by Crippen LogP contribution is 2.19. The van der Waals surface area contributed by atoms with Crippen LogP contribution in [-0.2, 0) is 46.9 Å². The average molecular weight is 465 g/mol. The van der Waals surface area contributed by atoms with E-state index in [0.29, 0.717) is 0 Å². The Labute approximate surface area is 185 Å². The molecule has 0 bridgehead atoms. The van der Waals surface area contributed by atoms with E-state index in [1.165, 1.54) is 13.1 Å². The van der Waals surface area contributed by atoms with Gasteiger partial charge in [0.2, 0.25) is 0 Å². The molecular formula is C20H36O10Si. The van der Waals surface area contributed by atoms with E-state index in [9.17, 15) is 9.59 Å². The zero-order chi connectivity index (χ0) is 23.9. The zero-order valence-corrected chi connectivity index (χ0v) is 20.8. The number of carbonyl (C=O) groups is 2. The molecule has 0 aromatic rings. The summed E-state index contributed by atoms with van der Waals surface area (Å²) in [4.78, 5) is 25.5. The van der Waals surface area contributed by atoms with Crippen LogP contribution in [0.2, 0.25) is 13.1 Å². The topological polar surface area (TPSA) is 108 Å². The van der Waals surface area contributed by atoms with Gasteiger partial charge in [0.15, 0.2) is 0 Å². The monoisotopic (exact) mass is 464 g/mol. The number of hydrogen-bond donors (Lipinski definition) is 0. The predicted octanol–water partition coefficient (Wildman–Crippen LogP) is 3.33. The highest BCUT2D eigenvalue weighted by molar-refractivity contribution is 6.68. The van der Waals surface area contributed by atoms with Crippen molar-refractivity contribution < 1.29 is 46.9 Å². The third-order valence-electron chi connectivity index (χ3n) is 3.10.